The second-order valence-electron chi connectivity index (χ2n) is 3.83. The van der Waals surface area contributed by atoms with Gasteiger partial charge >= 0.3 is 0 Å². The zero-order chi connectivity index (χ0) is 13.7. The van der Waals surface area contributed by atoms with Gasteiger partial charge in [0.15, 0.2) is 5.82 Å². The summed E-state index contributed by atoms with van der Waals surface area (Å²) in [5, 5.41) is 3.80. The van der Waals surface area contributed by atoms with Crippen LogP contribution < -0.4 is 5.73 Å². The summed E-state index contributed by atoms with van der Waals surface area (Å²) in [4.78, 5) is 4.70. The number of thioether (sulfide) groups is 1. The number of aromatic nitrogens is 2. The van der Waals surface area contributed by atoms with Gasteiger partial charge in [-0.05, 0) is 12.1 Å². The third-order valence-electron chi connectivity index (χ3n) is 2.34. The lowest BCUT2D eigenvalue weighted by molar-refractivity contribution is 0.166. The first-order chi connectivity index (χ1) is 9.20. The van der Waals surface area contributed by atoms with Crippen molar-refractivity contribution in [1.29, 1.82) is 0 Å². The maximum atomic E-state index is 13.4. The molecule has 0 bridgehead atoms. The molecule has 1 heterocycles. The number of nitrogens with zero attached hydrogens (tertiary/aromatic N) is 2. The lowest BCUT2D eigenvalue weighted by Crippen LogP contribution is -2.16. The Morgan fingerprint density at radius 3 is 3.00 bits per heavy atom. The Balaban J connectivity index is 1.95. The second kappa shape index (κ2) is 6.65. The molecular formula is C12H14FN3O2S. The smallest absolute Gasteiger partial charge is 0.245 e. The van der Waals surface area contributed by atoms with E-state index in [-0.39, 0.29) is 5.82 Å². The highest BCUT2D eigenvalue weighted by Crippen LogP contribution is 2.24. The Morgan fingerprint density at radius 1 is 1.47 bits per heavy atom. The highest BCUT2D eigenvalue weighted by molar-refractivity contribution is 7.98. The molecular weight excluding hydrogens is 269 g/mol. The highest BCUT2D eigenvalue weighted by Gasteiger charge is 2.14. The van der Waals surface area contributed by atoms with E-state index < -0.39 is 6.04 Å². The summed E-state index contributed by atoms with van der Waals surface area (Å²) in [6, 6.07) is 6.11. The quantitative estimate of drug-likeness (QED) is 0.819. The molecule has 0 fully saturated rings. The van der Waals surface area contributed by atoms with Crippen molar-refractivity contribution in [2.24, 2.45) is 5.73 Å². The van der Waals surface area contributed by atoms with Gasteiger partial charge in [0.05, 0.1) is 12.4 Å². The Kier molecular flexibility index (Phi) is 4.89. The summed E-state index contributed by atoms with van der Waals surface area (Å²) in [7, 11) is 1.55. The molecule has 19 heavy (non-hydrogen) atoms. The van der Waals surface area contributed by atoms with E-state index in [1.54, 1.807) is 25.3 Å². The van der Waals surface area contributed by atoms with Gasteiger partial charge in [-0.1, -0.05) is 17.3 Å². The van der Waals surface area contributed by atoms with Crippen LogP contribution >= 0.6 is 11.8 Å². The van der Waals surface area contributed by atoms with E-state index in [0.717, 1.165) is 0 Å². The Morgan fingerprint density at radius 2 is 2.26 bits per heavy atom. The largest absolute Gasteiger partial charge is 0.383 e. The standard InChI is InChI=1S/C12H14FN3O2S/c1-17-6-9(14)12-15-11(16-18-12)7-19-10-5-3-2-4-8(10)13/h2-5,9H,6-7,14H2,1H3. The van der Waals surface area contributed by atoms with Gasteiger partial charge in [-0.3, -0.25) is 0 Å². The summed E-state index contributed by atoms with van der Waals surface area (Å²) >= 11 is 1.31. The van der Waals surface area contributed by atoms with Gasteiger partial charge in [0.1, 0.15) is 11.9 Å². The van der Waals surface area contributed by atoms with Crippen molar-refractivity contribution >= 4 is 11.8 Å². The van der Waals surface area contributed by atoms with Crippen LogP contribution in [-0.2, 0) is 10.5 Å². The van der Waals surface area contributed by atoms with Crippen LogP contribution in [0, 0.1) is 5.82 Å². The van der Waals surface area contributed by atoms with Crippen LogP contribution in [0.25, 0.3) is 0 Å². The third-order valence-corrected chi connectivity index (χ3v) is 3.39. The molecule has 1 unspecified atom stereocenters. The van der Waals surface area contributed by atoms with Gasteiger partial charge in [0.2, 0.25) is 5.89 Å². The second-order valence-corrected chi connectivity index (χ2v) is 4.85. The van der Waals surface area contributed by atoms with E-state index in [4.69, 9.17) is 15.0 Å². The van der Waals surface area contributed by atoms with Crippen LogP contribution in [0.3, 0.4) is 0 Å². The maximum Gasteiger partial charge on any atom is 0.245 e. The minimum atomic E-state index is -0.440. The molecule has 102 valence electrons. The molecule has 1 aromatic heterocycles. The molecule has 0 aliphatic carbocycles. The molecule has 0 amide bonds. The Bertz CT molecular complexity index is 535. The highest BCUT2D eigenvalue weighted by atomic mass is 32.2. The number of benzene rings is 1. The third kappa shape index (κ3) is 3.76. The minimum Gasteiger partial charge on any atom is -0.383 e. The summed E-state index contributed by atoms with van der Waals surface area (Å²) in [5.74, 6) is 0.970. The topological polar surface area (TPSA) is 74.2 Å². The van der Waals surface area contributed by atoms with Gasteiger partial charge in [-0.25, -0.2) is 4.39 Å². The van der Waals surface area contributed by atoms with E-state index in [9.17, 15) is 4.39 Å². The van der Waals surface area contributed by atoms with Crippen molar-refractivity contribution in [2.75, 3.05) is 13.7 Å². The zero-order valence-electron chi connectivity index (χ0n) is 10.4. The zero-order valence-corrected chi connectivity index (χ0v) is 11.2. The predicted molar refractivity (Wildman–Crippen MR) is 69.1 cm³/mol. The van der Waals surface area contributed by atoms with Gasteiger partial charge in [-0.2, -0.15) is 4.98 Å². The average molecular weight is 283 g/mol. The van der Waals surface area contributed by atoms with Crippen LogP contribution in [0.1, 0.15) is 17.8 Å². The molecule has 5 nitrogen and oxygen atoms in total. The molecule has 2 N–H and O–H groups in total. The summed E-state index contributed by atoms with van der Waals surface area (Å²) in [6.07, 6.45) is 0. The lowest BCUT2D eigenvalue weighted by Gasteiger charge is -2.02. The molecule has 0 saturated carbocycles. The fourth-order valence-corrected chi connectivity index (χ4v) is 2.21. The normalized spacial score (nSPS) is 12.6. The first-order valence-electron chi connectivity index (χ1n) is 5.65. The van der Waals surface area contributed by atoms with Crippen molar-refractivity contribution in [2.45, 2.75) is 16.7 Å². The van der Waals surface area contributed by atoms with E-state index >= 15 is 0 Å². The number of halogens is 1. The molecule has 1 atom stereocenters. The fraction of sp³-hybridized carbons (Fsp3) is 0.333. The molecule has 0 aliphatic heterocycles. The summed E-state index contributed by atoms with van der Waals surface area (Å²) in [6.45, 7) is 0.308. The Labute approximate surface area is 114 Å². The maximum absolute atomic E-state index is 13.4. The van der Waals surface area contributed by atoms with Crippen molar-refractivity contribution in [3.05, 3.63) is 41.8 Å². The van der Waals surface area contributed by atoms with Crippen LogP contribution in [0.15, 0.2) is 33.7 Å². The molecule has 0 spiro atoms. The SMILES string of the molecule is COCC(N)c1nc(CSc2ccccc2F)no1. The first kappa shape index (κ1) is 14.0. The van der Waals surface area contributed by atoms with E-state index in [2.05, 4.69) is 10.1 Å². The van der Waals surface area contributed by atoms with E-state index in [1.807, 2.05) is 0 Å². The molecule has 7 heteroatoms. The number of nitrogens with two attached hydrogens (primary N) is 1. The lowest BCUT2D eigenvalue weighted by atomic mass is 10.3. The molecule has 1 aromatic carbocycles. The first-order valence-corrected chi connectivity index (χ1v) is 6.63. The number of hydrogen-bond acceptors (Lipinski definition) is 6. The number of methoxy groups -OCH3 is 1. The van der Waals surface area contributed by atoms with E-state index in [1.165, 1.54) is 17.8 Å². The van der Waals surface area contributed by atoms with Crippen LogP contribution in [0.5, 0.6) is 0 Å². The molecule has 2 rings (SSSR count). The molecule has 0 radical (unpaired) electrons. The van der Waals surface area contributed by atoms with Gasteiger partial charge < -0.3 is 15.0 Å². The molecule has 0 saturated heterocycles. The van der Waals surface area contributed by atoms with Crippen molar-refractivity contribution in [3.8, 4) is 0 Å². The molecule has 0 aliphatic rings. The monoisotopic (exact) mass is 283 g/mol. The van der Waals surface area contributed by atoms with Crippen molar-refractivity contribution in [1.82, 2.24) is 10.1 Å². The summed E-state index contributed by atoms with van der Waals surface area (Å²) < 4.78 is 23.3. The Hall–Kier alpha value is -1.44. The average Bonchev–Trinajstić information content (AvgIpc) is 2.87. The van der Waals surface area contributed by atoms with Crippen molar-refractivity contribution in [3.63, 3.8) is 0 Å². The van der Waals surface area contributed by atoms with Gasteiger partial charge in [0.25, 0.3) is 0 Å². The minimum absolute atomic E-state index is 0.257. The summed E-state index contributed by atoms with van der Waals surface area (Å²) in [5.41, 5.74) is 5.76. The number of ether oxygens (including phenoxy) is 1. The van der Waals surface area contributed by atoms with Gasteiger partial charge in [0, 0.05) is 12.0 Å². The van der Waals surface area contributed by atoms with Gasteiger partial charge in [-0.15, -0.1) is 11.8 Å². The van der Waals surface area contributed by atoms with Crippen LogP contribution in [0.4, 0.5) is 4.39 Å². The fourth-order valence-electron chi connectivity index (χ4n) is 1.43. The van der Waals surface area contributed by atoms with E-state index in [0.29, 0.717) is 29.0 Å². The van der Waals surface area contributed by atoms with Crippen molar-refractivity contribution < 1.29 is 13.7 Å². The number of hydrogen-bond donors (Lipinski definition) is 1. The van der Waals surface area contributed by atoms with Crippen LogP contribution in [-0.4, -0.2) is 23.9 Å². The molecule has 2 aromatic rings. The predicted octanol–water partition coefficient (Wildman–Crippen LogP) is 2.15. The van der Waals surface area contributed by atoms with Crippen LogP contribution in [0.2, 0.25) is 0 Å². The number of rotatable bonds is 6.